The minimum absolute atomic E-state index is 0.366. The molecule has 0 amide bonds. The van der Waals surface area contributed by atoms with Crippen LogP contribution in [0.5, 0.6) is 11.5 Å². The fourth-order valence-electron chi connectivity index (χ4n) is 1.78. The van der Waals surface area contributed by atoms with Gasteiger partial charge < -0.3 is 20.9 Å². The van der Waals surface area contributed by atoms with Gasteiger partial charge in [0.2, 0.25) is 0 Å². The minimum atomic E-state index is 0.366. The van der Waals surface area contributed by atoms with Crippen LogP contribution in [0.2, 0.25) is 0 Å². The van der Waals surface area contributed by atoms with Gasteiger partial charge in [0.25, 0.3) is 0 Å². The fraction of sp³-hybridized carbons (Fsp3) is 0.538. The molecule has 1 rings (SSSR count). The van der Waals surface area contributed by atoms with Gasteiger partial charge >= 0.3 is 0 Å². The van der Waals surface area contributed by atoms with Crippen LogP contribution in [0.1, 0.15) is 12.0 Å². The van der Waals surface area contributed by atoms with E-state index in [0.717, 1.165) is 28.8 Å². The van der Waals surface area contributed by atoms with Crippen LogP contribution in [0.3, 0.4) is 0 Å². The number of benzene rings is 1. The largest absolute Gasteiger partial charge is 0.493 e. The Morgan fingerprint density at radius 2 is 1.67 bits per heavy atom. The van der Waals surface area contributed by atoms with Crippen molar-refractivity contribution in [2.24, 2.45) is 17.4 Å². The molecule has 0 saturated carbocycles. The second-order valence-electron chi connectivity index (χ2n) is 4.17. The summed E-state index contributed by atoms with van der Waals surface area (Å²) in [5.74, 6) is 1.83. The molecule has 0 unspecified atom stereocenters. The average molecular weight is 317 g/mol. The van der Waals surface area contributed by atoms with Crippen LogP contribution in [-0.4, -0.2) is 27.3 Å². The van der Waals surface area contributed by atoms with Crippen LogP contribution in [-0.2, 0) is 6.42 Å². The second kappa shape index (κ2) is 7.61. The number of ether oxygens (including phenoxy) is 2. The molecule has 0 atom stereocenters. The van der Waals surface area contributed by atoms with Gasteiger partial charge in [0.15, 0.2) is 11.5 Å². The van der Waals surface area contributed by atoms with Crippen LogP contribution in [0.25, 0.3) is 0 Å². The number of halogens is 1. The highest BCUT2D eigenvalue weighted by molar-refractivity contribution is 9.10. The molecule has 4 nitrogen and oxygen atoms in total. The van der Waals surface area contributed by atoms with Crippen molar-refractivity contribution in [3.05, 3.63) is 22.2 Å². The molecule has 0 radical (unpaired) electrons. The number of aryl methyl sites for hydroxylation is 1. The van der Waals surface area contributed by atoms with Crippen molar-refractivity contribution in [1.82, 2.24) is 0 Å². The van der Waals surface area contributed by atoms with Gasteiger partial charge in [0.1, 0.15) is 0 Å². The van der Waals surface area contributed by atoms with E-state index >= 15 is 0 Å². The molecule has 0 spiro atoms. The van der Waals surface area contributed by atoms with E-state index < -0.39 is 0 Å². The van der Waals surface area contributed by atoms with Crippen molar-refractivity contribution in [2.45, 2.75) is 12.8 Å². The number of hydrogen-bond acceptors (Lipinski definition) is 4. The summed E-state index contributed by atoms with van der Waals surface area (Å²) in [5.41, 5.74) is 12.5. The topological polar surface area (TPSA) is 70.5 Å². The second-order valence-corrected chi connectivity index (χ2v) is 5.03. The summed E-state index contributed by atoms with van der Waals surface area (Å²) in [5, 5.41) is 0. The number of rotatable bonds is 7. The summed E-state index contributed by atoms with van der Waals surface area (Å²) < 4.78 is 11.6. The third-order valence-corrected chi connectivity index (χ3v) is 3.78. The Bertz CT molecular complexity index is 381. The van der Waals surface area contributed by atoms with Crippen molar-refractivity contribution in [3.8, 4) is 11.5 Å². The Hall–Kier alpha value is -0.780. The molecule has 1 aromatic carbocycles. The van der Waals surface area contributed by atoms with E-state index in [1.807, 2.05) is 12.1 Å². The molecule has 0 aliphatic carbocycles. The molecule has 1 aromatic rings. The maximum atomic E-state index is 5.65. The molecule has 102 valence electrons. The lowest BCUT2D eigenvalue weighted by Gasteiger charge is -2.15. The number of nitrogens with two attached hydrogens (primary N) is 2. The van der Waals surface area contributed by atoms with E-state index in [-0.39, 0.29) is 0 Å². The fourth-order valence-corrected chi connectivity index (χ4v) is 2.30. The maximum absolute atomic E-state index is 5.65. The smallest absolute Gasteiger partial charge is 0.161 e. The van der Waals surface area contributed by atoms with Gasteiger partial charge in [0, 0.05) is 4.47 Å². The molecule has 0 bridgehead atoms. The van der Waals surface area contributed by atoms with Gasteiger partial charge in [0.05, 0.1) is 14.2 Å². The lowest BCUT2D eigenvalue weighted by atomic mass is 9.99. The molecule has 0 fully saturated rings. The molecule has 5 heteroatoms. The normalized spacial score (nSPS) is 10.8. The molecular weight excluding hydrogens is 296 g/mol. The predicted octanol–water partition coefficient (Wildman–Crippen LogP) is 1.93. The summed E-state index contributed by atoms with van der Waals surface area (Å²) in [6.07, 6.45) is 1.89. The van der Waals surface area contributed by atoms with E-state index in [1.54, 1.807) is 14.2 Å². The molecule has 0 aliphatic heterocycles. The van der Waals surface area contributed by atoms with Crippen molar-refractivity contribution < 1.29 is 9.47 Å². The Morgan fingerprint density at radius 1 is 1.11 bits per heavy atom. The first kappa shape index (κ1) is 15.3. The number of hydrogen-bond donors (Lipinski definition) is 2. The van der Waals surface area contributed by atoms with Crippen LogP contribution in [0.15, 0.2) is 16.6 Å². The SMILES string of the molecule is COc1cc(Br)c(CCC(CN)CN)cc1OC. The van der Waals surface area contributed by atoms with Crippen molar-refractivity contribution in [3.63, 3.8) is 0 Å². The summed E-state index contributed by atoms with van der Waals surface area (Å²) in [6.45, 7) is 1.25. The molecule has 0 saturated heterocycles. The standard InChI is InChI=1S/C13H21BrN2O2/c1-17-12-5-10(4-3-9(7-15)8-16)11(14)6-13(12)18-2/h5-6,9H,3-4,7-8,15-16H2,1-2H3. The minimum Gasteiger partial charge on any atom is -0.493 e. The molecular formula is C13H21BrN2O2. The highest BCUT2D eigenvalue weighted by Gasteiger charge is 2.11. The molecule has 18 heavy (non-hydrogen) atoms. The molecule has 0 heterocycles. The zero-order valence-electron chi connectivity index (χ0n) is 10.9. The summed E-state index contributed by atoms with van der Waals surface area (Å²) >= 11 is 3.55. The first-order chi connectivity index (χ1) is 8.65. The van der Waals surface area contributed by atoms with Gasteiger partial charge in [-0.1, -0.05) is 15.9 Å². The maximum Gasteiger partial charge on any atom is 0.161 e. The third-order valence-electron chi connectivity index (χ3n) is 3.04. The highest BCUT2D eigenvalue weighted by atomic mass is 79.9. The summed E-state index contributed by atoms with van der Waals surface area (Å²) in [4.78, 5) is 0. The lowest BCUT2D eigenvalue weighted by Crippen LogP contribution is -2.23. The van der Waals surface area contributed by atoms with E-state index in [9.17, 15) is 0 Å². The third kappa shape index (κ3) is 3.86. The van der Waals surface area contributed by atoms with Gasteiger partial charge in [-0.25, -0.2) is 0 Å². The molecule has 4 N–H and O–H groups in total. The van der Waals surface area contributed by atoms with Gasteiger partial charge in [-0.05, 0) is 49.5 Å². The summed E-state index contributed by atoms with van der Waals surface area (Å²) in [6, 6.07) is 3.92. The zero-order valence-corrected chi connectivity index (χ0v) is 12.5. The Morgan fingerprint density at radius 3 is 2.17 bits per heavy atom. The van der Waals surface area contributed by atoms with Crippen LogP contribution in [0, 0.1) is 5.92 Å². The van der Waals surface area contributed by atoms with E-state index in [0.29, 0.717) is 19.0 Å². The first-order valence-electron chi connectivity index (χ1n) is 5.96. The monoisotopic (exact) mass is 316 g/mol. The van der Waals surface area contributed by atoms with Crippen LogP contribution in [0.4, 0.5) is 0 Å². The van der Waals surface area contributed by atoms with E-state index in [4.69, 9.17) is 20.9 Å². The Labute approximate surface area is 117 Å². The van der Waals surface area contributed by atoms with Gasteiger partial charge in [-0.15, -0.1) is 0 Å². The summed E-state index contributed by atoms with van der Waals surface area (Å²) in [7, 11) is 3.26. The molecule has 0 aliphatic rings. The zero-order chi connectivity index (χ0) is 13.5. The Balaban J connectivity index is 2.82. The molecule has 0 aromatic heterocycles. The van der Waals surface area contributed by atoms with Crippen molar-refractivity contribution >= 4 is 15.9 Å². The van der Waals surface area contributed by atoms with Crippen molar-refractivity contribution in [1.29, 1.82) is 0 Å². The van der Waals surface area contributed by atoms with Crippen molar-refractivity contribution in [2.75, 3.05) is 27.3 Å². The highest BCUT2D eigenvalue weighted by Crippen LogP contribution is 2.34. The lowest BCUT2D eigenvalue weighted by molar-refractivity contribution is 0.354. The van der Waals surface area contributed by atoms with Gasteiger partial charge in [-0.2, -0.15) is 0 Å². The first-order valence-corrected chi connectivity index (χ1v) is 6.76. The number of methoxy groups -OCH3 is 2. The van der Waals surface area contributed by atoms with Crippen LogP contribution < -0.4 is 20.9 Å². The predicted molar refractivity (Wildman–Crippen MR) is 77.2 cm³/mol. The average Bonchev–Trinajstić information content (AvgIpc) is 2.40. The van der Waals surface area contributed by atoms with Crippen LogP contribution >= 0.6 is 15.9 Å². The Kier molecular flexibility index (Phi) is 6.46. The van der Waals surface area contributed by atoms with E-state index in [1.165, 1.54) is 5.56 Å². The van der Waals surface area contributed by atoms with Gasteiger partial charge in [-0.3, -0.25) is 0 Å². The van der Waals surface area contributed by atoms with E-state index in [2.05, 4.69) is 15.9 Å². The quantitative estimate of drug-likeness (QED) is 0.806.